The van der Waals surface area contributed by atoms with Crippen LogP contribution in [0, 0.1) is 0 Å². The van der Waals surface area contributed by atoms with Gasteiger partial charge in [-0.3, -0.25) is 0 Å². The fourth-order valence-corrected chi connectivity index (χ4v) is 4.31. The van der Waals surface area contributed by atoms with E-state index in [1.807, 2.05) is 0 Å². The molecule has 1 aromatic carbocycles. The first-order valence-electron chi connectivity index (χ1n) is 5.59. The van der Waals surface area contributed by atoms with Crippen molar-refractivity contribution < 1.29 is 26.7 Å². The van der Waals surface area contributed by atoms with Gasteiger partial charge in [-0.1, -0.05) is 0 Å². The van der Waals surface area contributed by atoms with Gasteiger partial charge in [0, 0.05) is 5.92 Å². The Morgan fingerprint density at radius 1 is 1.26 bits per heavy atom. The van der Waals surface area contributed by atoms with Crippen molar-refractivity contribution in [1.82, 2.24) is 0 Å². The molecule has 3 nitrogen and oxygen atoms in total. The highest BCUT2D eigenvalue weighted by molar-refractivity contribution is 7.91. The Kier molecular flexibility index (Phi) is 2.98. The second-order valence-electron chi connectivity index (χ2n) is 5.24. The molecule has 0 amide bonds. The summed E-state index contributed by atoms with van der Waals surface area (Å²) in [4.78, 5) is -0.118. The van der Waals surface area contributed by atoms with Crippen LogP contribution in [0.1, 0.15) is 30.9 Å². The Hall–Kier alpha value is -1.08. The number of fused-ring (bicyclic) bond motifs is 1. The number of aliphatic hydroxyl groups is 1. The van der Waals surface area contributed by atoms with Gasteiger partial charge in [0.05, 0.1) is 21.8 Å². The minimum atomic E-state index is -4.54. The van der Waals surface area contributed by atoms with E-state index in [0.717, 1.165) is 18.2 Å². The van der Waals surface area contributed by atoms with Gasteiger partial charge in [-0.2, -0.15) is 13.2 Å². The largest absolute Gasteiger partial charge is 0.416 e. The lowest BCUT2D eigenvalue weighted by Gasteiger charge is -2.25. The molecule has 2 rings (SSSR count). The molecular formula is C12H13F3O3S. The van der Waals surface area contributed by atoms with E-state index in [1.54, 1.807) is 0 Å². The zero-order valence-electron chi connectivity index (χ0n) is 10.3. The first-order chi connectivity index (χ1) is 8.43. The highest BCUT2D eigenvalue weighted by atomic mass is 32.2. The standard InChI is InChI=1S/C12H13F3O3S/c1-11(2,16)9-6-19(17,18)10-4-3-7(5-8(9)10)12(13,14)15/h3-5,9,16H,6H2,1-2H3. The predicted octanol–water partition coefficient (Wildman–Crippen LogP) is 2.35. The third kappa shape index (κ3) is 2.49. The zero-order valence-corrected chi connectivity index (χ0v) is 11.1. The smallest absolute Gasteiger partial charge is 0.390 e. The van der Waals surface area contributed by atoms with Crippen molar-refractivity contribution in [2.45, 2.75) is 36.4 Å². The number of rotatable bonds is 1. The molecule has 0 saturated heterocycles. The third-order valence-corrected chi connectivity index (χ3v) is 5.10. The van der Waals surface area contributed by atoms with E-state index in [1.165, 1.54) is 13.8 Å². The van der Waals surface area contributed by atoms with Crippen molar-refractivity contribution in [2.75, 3.05) is 5.75 Å². The van der Waals surface area contributed by atoms with Crippen LogP contribution < -0.4 is 0 Å². The molecule has 1 aliphatic rings. The molecule has 1 aliphatic heterocycles. The normalized spacial score (nSPS) is 22.3. The Morgan fingerprint density at radius 2 is 1.84 bits per heavy atom. The van der Waals surface area contributed by atoms with Crippen LogP contribution >= 0.6 is 0 Å². The average Bonchev–Trinajstić information content (AvgIpc) is 2.49. The maximum Gasteiger partial charge on any atom is 0.416 e. The Labute approximate surface area is 109 Å². The lowest BCUT2D eigenvalue weighted by molar-refractivity contribution is -0.137. The van der Waals surface area contributed by atoms with Crippen molar-refractivity contribution in [3.63, 3.8) is 0 Å². The topological polar surface area (TPSA) is 54.4 Å². The molecule has 0 bridgehead atoms. The van der Waals surface area contributed by atoms with E-state index in [-0.39, 0.29) is 16.2 Å². The molecule has 0 aromatic heterocycles. The van der Waals surface area contributed by atoms with Crippen LogP contribution in [0.2, 0.25) is 0 Å². The molecule has 0 radical (unpaired) electrons. The molecule has 1 aromatic rings. The van der Waals surface area contributed by atoms with Crippen LogP contribution in [-0.2, 0) is 16.0 Å². The summed E-state index contributed by atoms with van der Waals surface area (Å²) in [6.45, 7) is 2.78. The van der Waals surface area contributed by atoms with Gasteiger partial charge in [0.1, 0.15) is 0 Å². The van der Waals surface area contributed by atoms with E-state index in [0.29, 0.717) is 0 Å². The van der Waals surface area contributed by atoms with Crippen LogP contribution in [0.5, 0.6) is 0 Å². The Morgan fingerprint density at radius 3 is 2.32 bits per heavy atom. The van der Waals surface area contributed by atoms with Crippen molar-refractivity contribution >= 4 is 9.84 Å². The molecule has 0 fully saturated rings. The number of hydrogen-bond acceptors (Lipinski definition) is 3. The van der Waals surface area contributed by atoms with Crippen LogP contribution in [0.25, 0.3) is 0 Å². The summed E-state index contributed by atoms with van der Waals surface area (Å²) in [5.74, 6) is -1.22. The van der Waals surface area contributed by atoms with Crippen molar-refractivity contribution in [2.24, 2.45) is 0 Å². The molecule has 1 heterocycles. The summed E-state index contributed by atoms with van der Waals surface area (Å²) in [5.41, 5.74) is -2.26. The molecule has 1 N–H and O–H groups in total. The zero-order chi connectivity index (χ0) is 14.6. The molecule has 1 unspecified atom stereocenters. The fourth-order valence-electron chi connectivity index (χ4n) is 2.26. The van der Waals surface area contributed by atoms with E-state index >= 15 is 0 Å². The van der Waals surface area contributed by atoms with Gasteiger partial charge in [0.2, 0.25) is 0 Å². The van der Waals surface area contributed by atoms with Gasteiger partial charge < -0.3 is 5.11 Å². The van der Waals surface area contributed by atoms with Gasteiger partial charge in [-0.05, 0) is 37.6 Å². The van der Waals surface area contributed by atoms with Crippen LogP contribution in [-0.4, -0.2) is 24.9 Å². The lowest BCUT2D eigenvalue weighted by atomic mass is 9.86. The molecule has 0 aliphatic carbocycles. The monoisotopic (exact) mass is 294 g/mol. The van der Waals surface area contributed by atoms with Crippen molar-refractivity contribution in [3.05, 3.63) is 29.3 Å². The second-order valence-corrected chi connectivity index (χ2v) is 7.24. The maximum atomic E-state index is 12.7. The SMILES string of the molecule is CC(C)(O)C1CS(=O)(=O)c2ccc(C(F)(F)F)cc21. The third-order valence-electron chi connectivity index (χ3n) is 3.29. The predicted molar refractivity (Wildman–Crippen MR) is 62.5 cm³/mol. The number of alkyl halides is 3. The number of sulfone groups is 1. The minimum Gasteiger partial charge on any atom is -0.390 e. The molecule has 7 heteroatoms. The number of halogens is 3. The van der Waals surface area contributed by atoms with Gasteiger partial charge in [0.15, 0.2) is 9.84 Å². The van der Waals surface area contributed by atoms with Gasteiger partial charge >= 0.3 is 6.18 Å². The maximum absolute atomic E-state index is 12.7. The molecule has 0 spiro atoms. The summed E-state index contributed by atoms with van der Waals surface area (Å²) in [5, 5.41) is 9.94. The van der Waals surface area contributed by atoms with Crippen molar-refractivity contribution in [3.8, 4) is 0 Å². The van der Waals surface area contributed by atoms with Gasteiger partial charge in [0.25, 0.3) is 0 Å². The molecule has 0 saturated carbocycles. The van der Waals surface area contributed by atoms with Crippen LogP contribution in [0.3, 0.4) is 0 Å². The highest BCUT2D eigenvalue weighted by Gasteiger charge is 2.43. The first-order valence-corrected chi connectivity index (χ1v) is 7.24. The summed E-state index contributed by atoms with van der Waals surface area (Å²) >= 11 is 0. The van der Waals surface area contributed by atoms with E-state index < -0.39 is 33.1 Å². The molecule has 1 atom stereocenters. The van der Waals surface area contributed by atoms with E-state index in [9.17, 15) is 26.7 Å². The Bertz CT molecular complexity index is 612. The quantitative estimate of drug-likeness (QED) is 0.865. The van der Waals surface area contributed by atoms with Gasteiger partial charge in [-0.25, -0.2) is 8.42 Å². The summed E-state index contributed by atoms with van der Waals surface area (Å²) in [6.07, 6.45) is -4.54. The number of benzene rings is 1. The summed E-state index contributed by atoms with van der Waals surface area (Å²) in [6, 6.07) is 2.55. The Balaban J connectivity index is 2.65. The summed E-state index contributed by atoms with van der Waals surface area (Å²) < 4.78 is 61.7. The van der Waals surface area contributed by atoms with Crippen LogP contribution in [0.4, 0.5) is 13.2 Å². The molecular weight excluding hydrogens is 281 g/mol. The number of hydrogen-bond donors (Lipinski definition) is 1. The van der Waals surface area contributed by atoms with Crippen LogP contribution in [0.15, 0.2) is 23.1 Å². The van der Waals surface area contributed by atoms with Gasteiger partial charge in [-0.15, -0.1) is 0 Å². The van der Waals surface area contributed by atoms with E-state index in [2.05, 4.69) is 0 Å². The summed E-state index contributed by atoms with van der Waals surface area (Å²) in [7, 11) is -3.63. The first kappa shape index (κ1) is 14.3. The fraction of sp³-hybridized carbons (Fsp3) is 0.500. The van der Waals surface area contributed by atoms with E-state index in [4.69, 9.17) is 0 Å². The lowest BCUT2D eigenvalue weighted by Crippen LogP contribution is -2.30. The molecule has 19 heavy (non-hydrogen) atoms. The molecule has 106 valence electrons. The minimum absolute atomic E-state index is 0.0438. The average molecular weight is 294 g/mol. The van der Waals surface area contributed by atoms with Crippen molar-refractivity contribution in [1.29, 1.82) is 0 Å². The highest BCUT2D eigenvalue weighted by Crippen LogP contribution is 2.43. The second kappa shape index (κ2) is 3.96.